The molecular formula is C28H54ClN6O2-. The van der Waals surface area contributed by atoms with E-state index in [0.717, 1.165) is 58.5 Å². The van der Waals surface area contributed by atoms with E-state index in [1.165, 1.54) is 57.8 Å². The van der Waals surface area contributed by atoms with Crippen LogP contribution in [0.25, 0.3) is 4.84 Å². The summed E-state index contributed by atoms with van der Waals surface area (Å²) in [6.45, 7) is 7.39. The summed E-state index contributed by atoms with van der Waals surface area (Å²) in [5.74, 6) is -0.348. The van der Waals surface area contributed by atoms with Gasteiger partial charge in [0.15, 0.2) is 0 Å². The van der Waals surface area contributed by atoms with Crippen LogP contribution in [0.15, 0.2) is 12.2 Å². The van der Waals surface area contributed by atoms with Gasteiger partial charge in [0.05, 0.1) is 12.7 Å². The lowest BCUT2D eigenvalue weighted by molar-refractivity contribution is -0.129. The number of amides is 2. The standard InChI is InChI=1S/C28H54ClN6O2/c1-3-4-5-6-7-8-9-10-11-12-13-14-15-16-17-18-27(36)33-26(23-32-29)28(37)31-25-35-21-19-34(20-22-35)24-30-2/h10-11,26,30H,3-9,12-25H2,1-2H3,(H,31,37)(H,33,36)/q-1/b11-10-/t26-/m0/s1. The molecule has 8 nitrogen and oxygen atoms in total. The summed E-state index contributed by atoms with van der Waals surface area (Å²) in [4.78, 5) is 33.1. The fraction of sp³-hybridized carbons (Fsp3) is 0.857. The summed E-state index contributed by atoms with van der Waals surface area (Å²) in [6.07, 6.45) is 21.0. The summed E-state index contributed by atoms with van der Waals surface area (Å²) >= 11 is 5.53. The number of allylic oxidation sites excluding steroid dienone is 2. The average molecular weight is 542 g/mol. The van der Waals surface area contributed by atoms with Gasteiger partial charge in [0, 0.05) is 39.3 Å². The highest BCUT2D eigenvalue weighted by Gasteiger charge is 2.20. The highest BCUT2D eigenvalue weighted by atomic mass is 35.5. The van der Waals surface area contributed by atoms with Crippen molar-refractivity contribution in [2.75, 3.05) is 53.1 Å². The molecule has 37 heavy (non-hydrogen) atoms. The van der Waals surface area contributed by atoms with Crippen molar-refractivity contribution in [1.29, 1.82) is 0 Å². The number of carbonyl (C=O) groups excluding carboxylic acids is 2. The maximum atomic E-state index is 12.6. The molecule has 1 rings (SSSR count). The van der Waals surface area contributed by atoms with Crippen LogP contribution in [0.2, 0.25) is 0 Å². The predicted molar refractivity (Wildman–Crippen MR) is 156 cm³/mol. The second-order valence-corrected chi connectivity index (χ2v) is 10.4. The van der Waals surface area contributed by atoms with E-state index in [4.69, 9.17) is 11.8 Å². The Bertz CT molecular complexity index is 599. The summed E-state index contributed by atoms with van der Waals surface area (Å²) in [6, 6.07) is -0.723. The molecule has 0 aromatic heterocycles. The maximum absolute atomic E-state index is 12.6. The second kappa shape index (κ2) is 23.9. The minimum atomic E-state index is -0.723. The SMILES string of the molecule is CCCCCCCC/C=C\CCCCCCCC(=O)N[C@@H](C[N-]Cl)C(=O)NCN1CCN(CNC)CC1. The van der Waals surface area contributed by atoms with Crippen molar-refractivity contribution in [3.05, 3.63) is 17.0 Å². The predicted octanol–water partition coefficient (Wildman–Crippen LogP) is 4.90. The number of piperazine rings is 1. The van der Waals surface area contributed by atoms with Crippen LogP contribution in [-0.2, 0) is 9.59 Å². The maximum Gasteiger partial charge on any atom is 0.241 e. The molecule has 1 fully saturated rings. The van der Waals surface area contributed by atoms with Gasteiger partial charge in [-0.25, -0.2) is 0 Å². The molecule has 0 bridgehead atoms. The Morgan fingerprint density at radius 3 is 1.95 bits per heavy atom. The molecule has 1 atom stereocenters. The van der Waals surface area contributed by atoms with Gasteiger partial charge in [-0.05, 0) is 39.2 Å². The van der Waals surface area contributed by atoms with E-state index < -0.39 is 6.04 Å². The lowest BCUT2D eigenvalue weighted by atomic mass is 10.1. The molecule has 1 saturated heterocycles. The number of hydrogen-bond acceptors (Lipinski definition) is 5. The van der Waals surface area contributed by atoms with Crippen LogP contribution in [0.3, 0.4) is 0 Å². The summed E-state index contributed by atoms with van der Waals surface area (Å²) in [7, 11) is 1.95. The molecule has 0 unspecified atom stereocenters. The number of unbranched alkanes of at least 4 members (excludes halogenated alkanes) is 11. The molecule has 0 radical (unpaired) electrons. The first-order chi connectivity index (χ1) is 18.1. The van der Waals surface area contributed by atoms with Gasteiger partial charge in [0.1, 0.15) is 0 Å². The zero-order valence-electron chi connectivity index (χ0n) is 23.6. The Balaban J connectivity index is 2.06. The van der Waals surface area contributed by atoms with E-state index in [1.807, 2.05) is 7.05 Å². The molecule has 0 saturated carbocycles. The van der Waals surface area contributed by atoms with Crippen molar-refractivity contribution >= 4 is 23.6 Å². The molecule has 1 aliphatic rings. The van der Waals surface area contributed by atoms with Crippen LogP contribution in [-0.4, -0.2) is 80.8 Å². The summed E-state index contributed by atoms with van der Waals surface area (Å²) in [5.41, 5.74) is 0. The molecule has 0 aliphatic carbocycles. The third-order valence-corrected chi connectivity index (χ3v) is 7.03. The van der Waals surface area contributed by atoms with E-state index >= 15 is 0 Å². The lowest BCUT2D eigenvalue weighted by Gasteiger charge is -2.34. The van der Waals surface area contributed by atoms with Crippen molar-refractivity contribution in [2.45, 2.75) is 103 Å². The summed E-state index contributed by atoms with van der Waals surface area (Å²) in [5, 5.41) is 8.90. The van der Waals surface area contributed by atoms with Crippen LogP contribution in [0, 0.1) is 0 Å². The van der Waals surface area contributed by atoms with Crippen LogP contribution in [0.4, 0.5) is 0 Å². The van der Waals surface area contributed by atoms with E-state index in [1.54, 1.807) is 0 Å². The van der Waals surface area contributed by atoms with Gasteiger partial charge in [0.2, 0.25) is 11.8 Å². The number of carbonyl (C=O) groups is 2. The van der Waals surface area contributed by atoms with Crippen molar-refractivity contribution < 1.29 is 9.59 Å². The van der Waals surface area contributed by atoms with Crippen LogP contribution in [0.5, 0.6) is 0 Å². The van der Waals surface area contributed by atoms with E-state index in [-0.39, 0.29) is 18.4 Å². The first-order valence-electron chi connectivity index (χ1n) is 14.7. The van der Waals surface area contributed by atoms with Gasteiger partial charge in [-0.15, -0.1) is 6.54 Å². The van der Waals surface area contributed by atoms with Crippen LogP contribution >= 0.6 is 11.8 Å². The molecule has 9 heteroatoms. The first kappa shape index (κ1) is 33.8. The number of nitrogens with zero attached hydrogens (tertiary/aromatic N) is 3. The quantitative estimate of drug-likeness (QED) is 0.126. The smallest absolute Gasteiger partial charge is 0.241 e. The van der Waals surface area contributed by atoms with Crippen molar-refractivity contribution in [3.63, 3.8) is 0 Å². The Labute approximate surface area is 231 Å². The Morgan fingerprint density at radius 1 is 0.838 bits per heavy atom. The third kappa shape index (κ3) is 18.7. The van der Waals surface area contributed by atoms with Gasteiger partial charge < -0.3 is 20.8 Å². The van der Waals surface area contributed by atoms with Crippen molar-refractivity contribution in [2.24, 2.45) is 0 Å². The number of hydrogen-bond donors (Lipinski definition) is 3. The lowest BCUT2D eigenvalue weighted by Crippen LogP contribution is -2.54. The number of halogens is 1. The average Bonchev–Trinajstić information content (AvgIpc) is 2.90. The molecule has 0 aromatic rings. The van der Waals surface area contributed by atoms with Gasteiger partial charge in [0.25, 0.3) is 0 Å². The Hall–Kier alpha value is -1.19. The zero-order valence-corrected chi connectivity index (χ0v) is 24.4. The molecule has 0 spiro atoms. The zero-order chi connectivity index (χ0) is 27.0. The molecular weight excluding hydrogens is 488 g/mol. The minimum absolute atomic E-state index is 0.0709. The van der Waals surface area contributed by atoms with Gasteiger partial charge in [-0.3, -0.25) is 31.2 Å². The molecule has 3 N–H and O–H groups in total. The van der Waals surface area contributed by atoms with Gasteiger partial charge in [-0.2, -0.15) is 0 Å². The van der Waals surface area contributed by atoms with Gasteiger partial charge in [-0.1, -0.05) is 70.4 Å². The molecule has 1 aliphatic heterocycles. The highest BCUT2D eigenvalue weighted by molar-refractivity contribution is 6.25. The number of nitrogens with one attached hydrogen (secondary N) is 3. The fourth-order valence-corrected chi connectivity index (χ4v) is 4.67. The minimum Gasteiger partial charge on any atom is -0.573 e. The normalized spacial score (nSPS) is 15.8. The molecule has 1 heterocycles. The monoisotopic (exact) mass is 541 g/mol. The van der Waals surface area contributed by atoms with Crippen LogP contribution in [0.1, 0.15) is 96.8 Å². The Morgan fingerprint density at radius 2 is 1.38 bits per heavy atom. The number of rotatable bonds is 23. The molecule has 0 aromatic carbocycles. The van der Waals surface area contributed by atoms with Gasteiger partial charge >= 0.3 is 0 Å². The fourth-order valence-electron chi connectivity index (χ4n) is 4.53. The van der Waals surface area contributed by atoms with E-state index in [0.29, 0.717) is 13.1 Å². The van der Waals surface area contributed by atoms with Crippen molar-refractivity contribution in [3.8, 4) is 0 Å². The largest absolute Gasteiger partial charge is 0.573 e. The highest BCUT2D eigenvalue weighted by Crippen LogP contribution is 2.10. The third-order valence-electron chi connectivity index (χ3n) is 6.89. The van der Waals surface area contributed by atoms with E-state index in [9.17, 15) is 9.59 Å². The Kier molecular flexibility index (Phi) is 21.9. The molecule has 216 valence electrons. The first-order valence-corrected chi connectivity index (χ1v) is 15.0. The van der Waals surface area contributed by atoms with Crippen LogP contribution < -0.4 is 16.0 Å². The molecule has 2 amide bonds. The van der Waals surface area contributed by atoms with E-state index in [2.05, 4.69) is 49.7 Å². The second-order valence-electron chi connectivity index (χ2n) is 10.2. The summed E-state index contributed by atoms with van der Waals surface area (Å²) < 4.78 is 0. The topological polar surface area (TPSA) is 90.8 Å². The van der Waals surface area contributed by atoms with Crippen molar-refractivity contribution in [1.82, 2.24) is 25.8 Å².